The number of benzene rings is 2. The van der Waals surface area contributed by atoms with Gasteiger partial charge in [0.2, 0.25) is 0 Å². The van der Waals surface area contributed by atoms with Gasteiger partial charge >= 0.3 is 5.97 Å². The number of fused-ring (bicyclic) bond motifs is 1. The maximum atomic E-state index is 12.8. The quantitative estimate of drug-likeness (QED) is 0.329. The second-order valence-electron chi connectivity index (χ2n) is 7.99. The summed E-state index contributed by atoms with van der Waals surface area (Å²) in [6, 6.07) is 18.2. The van der Waals surface area contributed by atoms with Crippen molar-refractivity contribution in [1.29, 1.82) is 0 Å². The molecule has 5 aromatic rings. The van der Waals surface area contributed by atoms with Crippen molar-refractivity contribution in [2.75, 3.05) is 0 Å². The predicted octanol–water partition coefficient (Wildman–Crippen LogP) is 5.10. The van der Waals surface area contributed by atoms with Crippen molar-refractivity contribution in [3.63, 3.8) is 0 Å². The average Bonchev–Trinajstić information content (AvgIpc) is 3.48. The molecule has 34 heavy (non-hydrogen) atoms. The molecule has 0 aliphatic heterocycles. The van der Waals surface area contributed by atoms with Gasteiger partial charge < -0.3 is 14.6 Å². The number of carbonyl (C=O) groups is 2. The molecular formula is C26H20N4O4. The van der Waals surface area contributed by atoms with E-state index in [2.05, 4.69) is 20.1 Å². The van der Waals surface area contributed by atoms with E-state index in [9.17, 15) is 9.59 Å². The molecule has 0 saturated heterocycles. The largest absolute Gasteiger partial charge is 0.478 e. The maximum absolute atomic E-state index is 12.8. The molecule has 3 aromatic heterocycles. The summed E-state index contributed by atoms with van der Waals surface area (Å²) in [5.74, 6) is -0.0337. The fraction of sp³-hybridized carbons (Fsp3) is 0.115. The van der Waals surface area contributed by atoms with Gasteiger partial charge in [-0.15, -0.1) is 0 Å². The highest BCUT2D eigenvalue weighted by Crippen LogP contribution is 2.28. The number of H-pyrrole nitrogens is 1. The van der Waals surface area contributed by atoms with E-state index in [0.717, 1.165) is 33.3 Å². The zero-order valence-corrected chi connectivity index (χ0v) is 18.3. The fourth-order valence-corrected chi connectivity index (χ4v) is 3.80. The summed E-state index contributed by atoms with van der Waals surface area (Å²) in [5.41, 5.74) is 5.06. The monoisotopic (exact) mass is 452 g/mol. The molecule has 8 heteroatoms. The Hall–Kier alpha value is -4.59. The Balaban J connectivity index is 1.33. The Morgan fingerprint density at radius 3 is 2.53 bits per heavy atom. The summed E-state index contributed by atoms with van der Waals surface area (Å²) in [5, 5.41) is 13.8. The third kappa shape index (κ3) is 4.33. The number of ketones is 1. The van der Waals surface area contributed by atoms with Crippen molar-refractivity contribution in [3.05, 3.63) is 89.5 Å². The van der Waals surface area contributed by atoms with Crippen molar-refractivity contribution in [1.82, 2.24) is 20.1 Å². The number of rotatable bonds is 7. The number of Topliss-reactive ketones (excluding diaryl/α,β-unsaturated/α-hetero) is 1. The van der Waals surface area contributed by atoms with Gasteiger partial charge in [0.25, 0.3) is 5.89 Å². The number of pyridine rings is 1. The molecule has 0 radical (unpaired) electrons. The number of nitrogens with one attached hydrogen (secondary N) is 1. The molecule has 0 atom stereocenters. The van der Waals surface area contributed by atoms with Crippen LogP contribution in [-0.2, 0) is 6.42 Å². The van der Waals surface area contributed by atoms with Crippen LogP contribution >= 0.6 is 0 Å². The molecular weight excluding hydrogens is 432 g/mol. The maximum Gasteiger partial charge on any atom is 0.335 e. The molecule has 0 spiro atoms. The molecule has 8 nitrogen and oxygen atoms in total. The molecule has 5 rings (SSSR count). The van der Waals surface area contributed by atoms with Crippen molar-refractivity contribution < 1.29 is 19.2 Å². The third-order valence-electron chi connectivity index (χ3n) is 5.60. The molecule has 3 heterocycles. The summed E-state index contributed by atoms with van der Waals surface area (Å²) in [6.45, 7) is 1.77. The van der Waals surface area contributed by atoms with Gasteiger partial charge in [-0.3, -0.25) is 9.78 Å². The van der Waals surface area contributed by atoms with E-state index in [1.165, 1.54) is 0 Å². The van der Waals surface area contributed by atoms with Crippen LogP contribution in [0.3, 0.4) is 0 Å². The van der Waals surface area contributed by atoms with Gasteiger partial charge in [-0.25, -0.2) is 4.79 Å². The van der Waals surface area contributed by atoms with Gasteiger partial charge in [-0.1, -0.05) is 23.4 Å². The Labute approximate surface area is 194 Å². The molecule has 0 aliphatic rings. The zero-order valence-electron chi connectivity index (χ0n) is 18.3. The van der Waals surface area contributed by atoms with Gasteiger partial charge in [0.15, 0.2) is 11.6 Å². The lowest BCUT2D eigenvalue weighted by molar-refractivity contribution is 0.0696. The van der Waals surface area contributed by atoms with E-state index in [-0.39, 0.29) is 17.8 Å². The van der Waals surface area contributed by atoms with Crippen LogP contribution in [0.5, 0.6) is 0 Å². The van der Waals surface area contributed by atoms with Crippen LogP contribution in [0.2, 0.25) is 0 Å². The smallest absolute Gasteiger partial charge is 0.335 e. The SMILES string of the molecule is Cc1noc(-c2cc3cc(-c4ccnc(C(=O)CCc5ccc(C(=O)O)cc5)c4)ccc3[nH]2)n1. The van der Waals surface area contributed by atoms with E-state index in [0.29, 0.717) is 23.8 Å². The third-order valence-corrected chi connectivity index (χ3v) is 5.60. The second-order valence-corrected chi connectivity index (χ2v) is 7.99. The summed E-state index contributed by atoms with van der Waals surface area (Å²) in [6.07, 6.45) is 2.43. The molecule has 2 N–H and O–H groups in total. The van der Waals surface area contributed by atoms with Gasteiger partial charge in [-0.2, -0.15) is 4.98 Å². The van der Waals surface area contributed by atoms with Gasteiger partial charge in [0, 0.05) is 23.5 Å². The summed E-state index contributed by atoms with van der Waals surface area (Å²) >= 11 is 0. The first-order chi connectivity index (χ1) is 16.5. The normalized spacial score (nSPS) is 11.1. The number of aromatic amines is 1. The topological polar surface area (TPSA) is 122 Å². The van der Waals surface area contributed by atoms with Crippen LogP contribution in [-0.4, -0.2) is 37.0 Å². The first kappa shape index (κ1) is 21.3. The zero-order chi connectivity index (χ0) is 23.7. The number of nitrogens with zero attached hydrogens (tertiary/aromatic N) is 3. The average molecular weight is 452 g/mol. The molecule has 0 fully saturated rings. The highest BCUT2D eigenvalue weighted by molar-refractivity contribution is 5.96. The number of carboxylic acid groups (broad SMARTS) is 1. The van der Waals surface area contributed by atoms with Crippen LogP contribution < -0.4 is 0 Å². The van der Waals surface area contributed by atoms with Crippen molar-refractivity contribution in [3.8, 4) is 22.7 Å². The Bertz CT molecular complexity index is 1520. The molecule has 0 bridgehead atoms. The highest BCUT2D eigenvalue weighted by atomic mass is 16.5. The standard InChI is InChI=1S/C26H20N4O4/c1-15-28-25(34-30-15)23-14-20-12-18(7-8-21(20)29-23)19-10-11-27-22(13-19)24(31)9-4-16-2-5-17(6-3-16)26(32)33/h2-3,5-8,10-14,29H,4,9H2,1H3,(H,32,33). The lowest BCUT2D eigenvalue weighted by Crippen LogP contribution is -2.04. The number of aryl methyl sites for hydroxylation is 2. The minimum atomic E-state index is -0.970. The minimum Gasteiger partial charge on any atom is -0.478 e. The Kier molecular flexibility index (Phi) is 5.47. The second kappa shape index (κ2) is 8.74. The Morgan fingerprint density at radius 2 is 1.79 bits per heavy atom. The van der Waals surface area contributed by atoms with Crippen LogP contribution in [0.25, 0.3) is 33.6 Å². The number of carbonyl (C=O) groups excluding carboxylic acids is 1. The number of hydrogen-bond donors (Lipinski definition) is 2. The van der Waals surface area contributed by atoms with Gasteiger partial charge in [0.1, 0.15) is 11.4 Å². The Morgan fingerprint density at radius 1 is 1.00 bits per heavy atom. The number of carboxylic acids is 1. The lowest BCUT2D eigenvalue weighted by atomic mass is 10.0. The van der Waals surface area contributed by atoms with E-state index in [4.69, 9.17) is 9.63 Å². The first-order valence-corrected chi connectivity index (χ1v) is 10.7. The first-order valence-electron chi connectivity index (χ1n) is 10.7. The van der Waals surface area contributed by atoms with Crippen molar-refractivity contribution in [2.24, 2.45) is 0 Å². The summed E-state index contributed by atoms with van der Waals surface area (Å²) in [7, 11) is 0. The van der Waals surface area contributed by atoms with Crippen LogP contribution in [0.1, 0.15) is 38.7 Å². The number of aromatic carboxylic acids is 1. The van der Waals surface area contributed by atoms with E-state index < -0.39 is 5.97 Å². The predicted molar refractivity (Wildman–Crippen MR) is 126 cm³/mol. The molecule has 2 aromatic carbocycles. The van der Waals surface area contributed by atoms with Gasteiger partial charge in [-0.05, 0) is 72.5 Å². The van der Waals surface area contributed by atoms with Crippen LogP contribution in [0.15, 0.2) is 71.4 Å². The summed E-state index contributed by atoms with van der Waals surface area (Å²) in [4.78, 5) is 35.5. The van der Waals surface area contributed by atoms with E-state index in [1.807, 2.05) is 30.3 Å². The van der Waals surface area contributed by atoms with Crippen LogP contribution in [0.4, 0.5) is 0 Å². The van der Waals surface area contributed by atoms with Gasteiger partial charge in [0.05, 0.1) is 5.56 Å². The molecule has 168 valence electrons. The molecule has 0 unspecified atom stereocenters. The summed E-state index contributed by atoms with van der Waals surface area (Å²) < 4.78 is 5.24. The highest BCUT2D eigenvalue weighted by Gasteiger charge is 2.13. The van der Waals surface area contributed by atoms with Crippen molar-refractivity contribution in [2.45, 2.75) is 19.8 Å². The minimum absolute atomic E-state index is 0.0686. The number of aromatic nitrogens is 4. The molecule has 0 aliphatic carbocycles. The number of hydrogen-bond acceptors (Lipinski definition) is 6. The van der Waals surface area contributed by atoms with E-state index >= 15 is 0 Å². The molecule has 0 saturated carbocycles. The lowest BCUT2D eigenvalue weighted by Gasteiger charge is -2.06. The van der Waals surface area contributed by atoms with E-state index in [1.54, 1.807) is 43.5 Å². The molecule has 0 amide bonds. The van der Waals surface area contributed by atoms with Crippen molar-refractivity contribution >= 4 is 22.7 Å². The fourth-order valence-electron chi connectivity index (χ4n) is 3.80. The van der Waals surface area contributed by atoms with Crippen LogP contribution in [0, 0.1) is 6.92 Å².